The van der Waals surface area contributed by atoms with Crippen LogP contribution in [0.25, 0.3) is 10.9 Å². The fourth-order valence-corrected chi connectivity index (χ4v) is 2.52. The first-order valence-electron chi connectivity index (χ1n) is 6.21. The number of carboxylic acid groups (broad SMARTS) is 1. The van der Waals surface area contributed by atoms with Crippen molar-refractivity contribution < 1.29 is 9.90 Å². The van der Waals surface area contributed by atoms with Gasteiger partial charge in [0.2, 0.25) is 0 Å². The lowest BCUT2D eigenvalue weighted by molar-refractivity contribution is -0.143. The number of H-pyrrole nitrogens is 1. The number of likely N-dealkylation sites (N-methyl/N-ethyl adjacent to an activating group) is 1. The van der Waals surface area contributed by atoms with Gasteiger partial charge in [-0.05, 0) is 31.2 Å². The Kier molecular flexibility index (Phi) is 4.12. The molecule has 0 fully saturated rings. The van der Waals surface area contributed by atoms with Gasteiger partial charge in [-0.15, -0.1) is 0 Å². The maximum absolute atomic E-state index is 11.1. The van der Waals surface area contributed by atoms with Gasteiger partial charge in [0.05, 0.1) is 0 Å². The molecule has 1 aromatic carbocycles. The summed E-state index contributed by atoms with van der Waals surface area (Å²) in [6, 6.07) is 5.21. The van der Waals surface area contributed by atoms with E-state index in [1.807, 2.05) is 43.3 Å². The molecule has 2 rings (SSSR count). The van der Waals surface area contributed by atoms with Crippen molar-refractivity contribution in [1.29, 1.82) is 0 Å². The number of fused-ring (bicyclic) bond motifs is 1. The summed E-state index contributed by atoms with van der Waals surface area (Å²) in [7, 11) is 1.83. The molecule has 1 heterocycles. The lowest BCUT2D eigenvalue weighted by Gasteiger charge is -2.23. The van der Waals surface area contributed by atoms with Gasteiger partial charge in [0.15, 0.2) is 0 Å². The molecule has 1 atom stereocenters. The van der Waals surface area contributed by atoms with Gasteiger partial charge < -0.3 is 10.1 Å². The lowest BCUT2D eigenvalue weighted by atomic mass is 10.1. The van der Waals surface area contributed by atoms with Gasteiger partial charge in [-0.2, -0.15) is 0 Å². The molecule has 0 aliphatic heterocycles. The Hall–Kier alpha value is -1.52. The maximum Gasteiger partial charge on any atom is 0.320 e. The Morgan fingerprint density at radius 2 is 2.26 bits per heavy atom. The standard InChI is InChI=1S/C14H17ClN2O2/c1-3-13(14(18)19)17(2)8-9-7-16-12-6-10(15)4-5-11(9)12/h4-7,13,16H,3,8H2,1-2H3,(H,18,19). The van der Waals surface area contributed by atoms with Crippen LogP contribution in [0, 0.1) is 0 Å². The zero-order valence-corrected chi connectivity index (χ0v) is 11.7. The average molecular weight is 281 g/mol. The lowest BCUT2D eigenvalue weighted by Crippen LogP contribution is -2.37. The second kappa shape index (κ2) is 5.63. The van der Waals surface area contributed by atoms with Crippen LogP contribution in [-0.4, -0.2) is 34.0 Å². The summed E-state index contributed by atoms with van der Waals surface area (Å²) in [5.41, 5.74) is 2.05. The molecule has 0 aliphatic rings. The van der Waals surface area contributed by atoms with Gasteiger partial charge in [0.1, 0.15) is 6.04 Å². The molecule has 2 N–H and O–H groups in total. The summed E-state index contributed by atoms with van der Waals surface area (Å²) in [4.78, 5) is 16.2. The molecule has 0 spiro atoms. The minimum Gasteiger partial charge on any atom is -0.480 e. The number of carbonyl (C=O) groups is 1. The number of halogens is 1. The molecule has 1 aromatic heterocycles. The molecule has 2 aromatic rings. The van der Waals surface area contributed by atoms with Gasteiger partial charge in [0.25, 0.3) is 0 Å². The summed E-state index contributed by atoms with van der Waals surface area (Å²) in [5, 5.41) is 10.9. The van der Waals surface area contributed by atoms with Crippen LogP contribution < -0.4 is 0 Å². The minimum atomic E-state index is -0.784. The Morgan fingerprint density at radius 1 is 1.53 bits per heavy atom. The normalized spacial score (nSPS) is 13.1. The average Bonchev–Trinajstić information content (AvgIpc) is 2.72. The zero-order chi connectivity index (χ0) is 14.0. The summed E-state index contributed by atoms with van der Waals surface area (Å²) in [5.74, 6) is -0.784. The summed E-state index contributed by atoms with van der Waals surface area (Å²) in [6.07, 6.45) is 2.49. The van der Waals surface area contributed by atoms with E-state index < -0.39 is 12.0 Å². The van der Waals surface area contributed by atoms with Crippen LogP contribution in [0.1, 0.15) is 18.9 Å². The third-order valence-corrected chi connectivity index (χ3v) is 3.59. The Balaban J connectivity index is 2.24. The van der Waals surface area contributed by atoms with Crippen LogP contribution >= 0.6 is 11.6 Å². The molecule has 5 heteroatoms. The first-order valence-corrected chi connectivity index (χ1v) is 6.59. The van der Waals surface area contributed by atoms with E-state index in [1.54, 1.807) is 0 Å². The van der Waals surface area contributed by atoms with E-state index in [-0.39, 0.29) is 0 Å². The molecule has 0 radical (unpaired) electrons. The van der Waals surface area contributed by atoms with Crippen molar-refractivity contribution in [2.45, 2.75) is 25.9 Å². The number of carboxylic acids is 1. The van der Waals surface area contributed by atoms with Gasteiger partial charge in [0, 0.05) is 28.7 Å². The van der Waals surface area contributed by atoms with E-state index >= 15 is 0 Å². The largest absolute Gasteiger partial charge is 0.480 e. The van der Waals surface area contributed by atoms with Crippen LogP contribution in [0.4, 0.5) is 0 Å². The highest BCUT2D eigenvalue weighted by molar-refractivity contribution is 6.31. The molecular weight excluding hydrogens is 264 g/mol. The summed E-state index contributed by atoms with van der Waals surface area (Å²) < 4.78 is 0. The van der Waals surface area contributed by atoms with Crippen molar-refractivity contribution >= 4 is 28.5 Å². The number of aliphatic carboxylic acids is 1. The van der Waals surface area contributed by atoms with E-state index in [1.165, 1.54) is 0 Å². The molecule has 4 nitrogen and oxygen atoms in total. The quantitative estimate of drug-likeness (QED) is 0.885. The third kappa shape index (κ3) is 2.91. The van der Waals surface area contributed by atoms with Crippen molar-refractivity contribution in [3.05, 3.63) is 35.0 Å². The zero-order valence-electron chi connectivity index (χ0n) is 11.0. The van der Waals surface area contributed by atoms with E-state index in [0.717, 1.165) is 16.5 Å². The topological polar surface area (TPSA) is 56.3 Å². The number of aromatic nitrogens is 1. The van der Waals surface area contributed by atoms with Crippen molar-refractivity contribution in [2.24, 2.45) is 0 Å². The fraction of sp³-hybridized carbons (Fsp3) is 0.357. The number of nitrogens with zero attached hydrogens (tertiary/aromatic N) is 1. The Morgan fingerprint density at radius 3 is 2.89 bits per heavy atom. The summed E-state index contributed by atoms with van der Waals surface area (Å²) >= 11 is 5.94. The molecule has 0 saturated heterocycles. The fourth-order valence-electron chi connectivity index (χ4n) is 2.34. The SMILES string of the molecule is CCC(C(=O)O)N(C)Cc1c[nH]c2cc(Cl)ccc12. The molecule has 1 unspecified atom stereocenters. The number of hydrogen-bond acceptors (Lipinski definition) is 2. The smallest absolute Gasteiger partial charge is 0.320 e. The Bertz CT molecular complexity index is 594. The predicted molar refractivity (Wildman–Crippen MR) is 76.5 cm³/mol. The highest BCUT2D eigenvalue weighted by Crippen LogP contribution is 2.23. The van der Waals surface area contributed by atoms with Crippen LogP contribution in [-0.2, 0) is 11.3 Å². The molecule has 0 aliphatic carbocycles. The van der Waals surface area contributed by atoms with Crippen LogP contribution in [0.3, 0.4) is 0 Å². The van der Waals surface area contributed by atoms with Crippen LogP contribution in [0.15, 0.2) is 24.4 Å². The number of aromatic amines is 1. The van der Waals surface area contributed by atoms with E-state index in [2.05, 4.69) is 4.98 Å². The van der Waals surface area contributed by atoms with Crippen molar-refractivity contribution in [2.75, 3.05) is 7.05 Å². The van der Waals surface area contributed by atoms with E-state index in [0.29, 0.717) is 18.0 Å². The van der Waals surface area contributed by atoms with Crippen molar-refractivity contribution in [3.63, 3.8) is 0 Å². The molecule has 0 saturated carbocycles. The van der Waals surface area contributed by atoms with E-state index in [9.17, 15) is 4.79 Å². The number of benzene rings is 1. The first-order chi connectivity index (χ1) is 9.02. The highest BCUT2D eigenvalue weighted by atomic mass is 35.5. The molecule has 102 valence electrons. The second-order valence-electron chi connectivity index (χ2n) is 4.68. The van der Waals surface area contributed by atoms with Crippen molar-refractivity contribution in [3.8, 4) is 0 Å². The van der Waals surface area contributed by atoms with Gasteiger partial charge >= 0.3 is 5.97 Å². The third-order valence-electron chi connectivity index (χ3n) is 3.35. The molecular formula is C14H17ClN2O2. The van der Waals surface area contributed by atoms with Crippen LogP contribution in [0.2, 0.25) is 5.02 Å². The predicted octanol–water partition coefficient (Wildman–Crippen LogP) is 3.12. The number of nitrogens with one attached hydrogen (secondary N) is 1. The van der Waals surface area contributed by atoms with Gasteiger partial charge in [-0.3, -0.25) is 9.69 Å². The highest BCUT2D eigenvalue weighted by Gasteiger charge is 2.21. The minimum absolute atomic E-state index is 0.461. The van der Waals surface area contributed by atoms with Crippen molar-refractivity contribution in [1.82, 2.24) is 9.88 Å². The molecule has 0 bridgehead atoms. The maximum atomic E-state index is 11.1. The Labute approximate surface area is 117 Å². The summed E-state index contributed by atoms with van der Waals surface area (Å²) in [6.45, 7) is 2.47. The van der Waals surface area contributed by atoms with E-state index in [4.69, 9.17) is 16.7 Å². The monoisotopic (exact) mass is 280 g/mol. The molecule has 19 heavy (non-hydrogen) atoms. The number of rotatable bonds is 5. The first kappa shape index (κ1) is 13.9. The van der Waals surface area contributed by atoms with Gasteiger partial charge in [-0.1, -0.05) is 24.6 Å². The molecule has 0 amide bonds. The second-order valence-corrected chi connectivity index (χ2v) is 5.12. The van der Waals surface area contributed by atoms with Crippen LogP contribution in [0.5, 0.6) is 0 Å². The van der Waals surface area contributed by atoms with Gasteiger partial charge in [-0.25, -0.2) is 0 Å². The number of hydrogen-bond donors (Lipinski definition) is 2.